The van der Waals surface area contributed by atoms with E-state index in [4.69, 9.17) is 4.42 Å². The first-order valence-electron chi connectivity index (χ1n) is 9.79. The summed E-state index contributed by atoms with van der Waals surface area (Å²) in [6.45, 7) is 1.71. The van der Waals surface area contributed by atoms with Gasteiger partial charge in [-0.2, -0.15) is 13.2 Å². The van der Waals surface area contributed by atoms with Gasteiger partial charge in [0.15, 0.2) is 5.69 Å². The van der Waals surface area contributed by atoms with Gasteiger partial charge in [0, 0.05) is 47.8 Å². The van der Waals surface area contributed by atoms with Crippen LogP contribution in [0.25, 0.3) is 27.9 Å². The molecule has 4 heterocycles. The first kappa shape index (κ1) is 19.5. The molecule has 3 aromatic heterocycles. The molecule has 0 radical (unpaired) electrons. The Kier molecular flexibility index (Phi) is 4.62. The summed E-state index contributed by atoms with van der Waals surface area (Å²) >= 11 is 0. The maximum Gasteiger partial charge on any atom is 0.435 e. The smallest absolute Gasteiger partial charge is 0.435 e. The molecule has 1 N–H and O–H groups in total. The maximum absolute atomic E-state index is 12.7. The first-order valence-corrected chi connectivity index (χ1v) is 9.79. The average molecular weight is 426 g/mol. The number of hydrogen-bond acceptors (Lipinski definition) is 5. The molecular formula is C22H17F3N4O2. The summed E-state index contributed by atoms with van der Waals surface area (Å²) in [6.07, 6.45) is -1.12. The fraction of sp³-hybridized carbons (Fsp3) is 0.227. The zero-order chi connectivity index (χ0) is 21.6. The fourth-order valence-electron chi connectivity index (χ4n) is 3.81. The zero-order valence-electron chi connectivity index (χ0n) is 16.2. The molecule has 158 valence electrons. The molecule has 9 heteroatoms. The quantitative estimate of drug-likeness (QED) is 0.523. The van der Waals surface area contributed by atoms with Crippen LogP contribution in [0.5, 0.6) is 0 Å². The summed E-state index contributed by atoms with van der Waals surface area (Å²) in [5.74, 6) is 0.973. The Balaban J connectivity index is 1.49. The van der Waals surface area contributed by atoms with Crippen LogP contribution >= 0.6 is 0 Å². The number of pyridine rings is 1. The Hall–Kier alpha value is -3.46. The average Bonchev–Trinajstić information content (AvgIpc) is 2.93. The molecule has 0 unspecified atom stereocenters. The number of nitrogens with one attached hydrogen (secondary N) is 1. The van der Waals surface area contributed by atoms with Crippen molar-refractivity contribution < 1.29 is 17.6 Å². The van der Waals surface area contributed by atoms with E-state index < -0.39 is 11.9 Å². The summed E-state index contributed by atoms with van der Waals surface area (Å²) < 4.78 is 45.5. The number of rotatable bonds is 2. The maximum atomic E-state index is 12.7. The van der Waals surface area contributed by atoms with Crippen molar-refractivity contribution in [1.29, 1.82) is 0 Å². The van der Waals surface area contributed by atoms with Gasteiger partial charge in [-0.05, 0) is 43.3 Å². The molecule has 1 aromatic carbocycles. The summed E-state index contributed by atoms with van der Waals surface area (Å²) in [7, 11) is 0. The number of aryl methyl sites for hydroxylation is 1. The number of hydrogen-bond donors (Lipinski definition) is 1. The normalized spacial score (nSPS) is 14.4. The number of alkyl halides is 3. The van der Waals surface area contributed by atoms with Crippen LogP contribution < -0.4 is 10.9 Å². The fourth-order valence-corrected chi connectivity index (χ4v) is 3.81. The molecule has 1 aliphatic heterocycles. The SMILES string of the molecule is O=c1cc(-c2ccc(C(F)(F)F)nn2)ccn1-c1ccc2c3c(oc2c1)CCCNC3. The Labute approximate surface area is 174 Å². The highest BCUT2D eigenvalue weighted by molar-refractivity contribution is 5.84. The van der Waals surface area contributed by atoms with Crippen molar-refractivity contribution in [1.82, 2.24) is 20.1 Å². The molecule has 0 saturated carbocycles. The summed E-state index contributed by atoms with van der Waals surface area (Å²) in [6, 6.07) is 10.6. The van der Waals surface area contributed by atoms with Gasteiger partial charge in [-0.3, -0.25) is 9.36 Å². The van der Waals surface area contributed by atoms with Gasteiger partial charge in [0.05, 0.1) is 11.4 Å². The van der Waals surface area contributed by atoms with Gasteiger partial charge in [-0.15, -0.1) is 10.2 Å². The van der Waals surface area contributed by atoms with E-state index in [2.05, 4.69) is 15.5 Å². The molecule has 6 nitrogen and oxygen atoms in total. The second kappa shape index (κ2) is 7.35. The van der Waals surface area contributed by atoms with Crippen molar-refractivity contribution in [3.05, 3.63) is 76.0 Å². The topological polar surface area (TPSA) is 73.0 Å². The highest BCUT2D eigenvalue weighted by Crippen LogP contribution is 2.30. The molecule has 31 heavy (non-hydrogen) atoms. The number of aromatic nitrogens is 3. The van der Waals surface area contributed by atoms with Gasteiger partial charge in [0.1, 0.15) is 11.3 Å². The molecule has 0 spiro atoms. The molecule has 0 fully saturated rings. The van der Waals surface area contributed by atoms with Crippen LogP contribution in [0.15, 0.2) is 57.9 Å². The van der Waals surface area contributed by atoms with Gasteiger partial charge in [-0.25, -0.2) is 0 Å². The number of halogens is 3. The largest absolute Gasteiger partial charge is 0.461 e. The molecule has 0 atom stereocenters. The Morgan fingerprint density at radius 1 is 1.06 bits per heavy atom. The summed E-state index contributed by atoms with van der Waals surface area (Å²) in [5, 5.41) is 11.2. The third-order valence-corrected chi connectivity index (χ3v) is 5.37. The monoisotopic (exact) mass is 426 g/mol. The van der Waals surface area contributed by atoms with Crippen molar-refractivity contribution in [2.75, 3.05) is 6.54 Å². The molecule has 5 rings (SSSR count). The van der Waals surface area contributed by atoms with E-state index in [1.807, 2.05) is 18.2 Å². The van der Waals surface area contributed by atoms with Crippen molar-refractivity contribution in [3.63, 3.8) is 0 Å². The lowest BCUT2D eigenvalue weighted by Crippen LogP contribution is -2.16. The molecule has 0 aliphatic carbocycles. The van der Waals surface area contributed by atoms with Crippen LogP contribution in [-0.4, -0.2) is 21.3 Å². The van der Waals surface area contributed by atoms with Crippen molar-refractivity contribution in [2.24, 2.45) is 0 Å². The zero-order valence-corrected chi connectivity index (χ0v) is 16.2. The van der Waals surface area contributed by atoms with Gasteiger partial charge >= 0.3 is 6.18 Å². The predicted octanol–water partition coefficient (Wildman–Crippen LogP) is 4.10. The van der Waals surface area contributed by atoms with E-state index in [9.17, 15) is 18.0 Å². The van der Waals surface area contributed by atoms with E-state index in [1.54, 1.807) is 12.3 Å². The number of furan rings is 1. The van der Waals surface area contributed by atoms with Crippen LogP contribution in [0.1, 0.15) is 23.4 Å². The minimum atomic E-state index is -4.56. The van der Waals surface area contributed by atoms with Gasteiger partial charge < -0.3 is 9.73 Å². The van der Waals surface area contributed by atoms with E-state index in [0.29, 0.717) is 11.3 Å². The highest BCUT2D eigenvalue weighted by atomic mass is 19.4. The molecule has 0 bridgehead atoms. The van der Waals surface area contributed by atoms with E-state index in [1.165, 1.54) is 16.7 Å². The third-order valence-electron chi connectivity index (χ3n) is 5.37. The van der Waals surface area contributed by atoms with Gasteiger partial charge in [0.25, 0.3) is 5.56 Å². The van der Waals surface area contributed by atoms with Crippen LogP contribution in [0.4, 0.5) is 13.2 Å². The lowest BCUT2D eigenvalue weighted by molar-refractivity contribution is -0.141. The lowest BCUT2D eigenvalue weighted by atomic mass is 10.1. The molecular weight excluding hydrogens is 409 g/mol. The predicted molar refractivity (Wildman–Crippen MR) is 108 cm³/mol. The summed E-state index contributed by atoms with van der Waals surface area (Å²) in [5.41, 5.74) is 1.67. The Bertz CT molecular complexity index is 1320. The van der Waals surface area contributed by atoms with Crippen LogP contribution in [0, 0.1) is 0 Å². The number of fused-ring (bicyclic) bond motifs is 3. The van der Waals surface area contributed by atoms with Crippen molar-refractivity contribution in [2.45, 2.75) is 25.6 Å². The number of nitrogens with zero attached hydrogens (tertiary/aromatic N) is 3. The van der Waals surface area contributed by atoms with Crippen LogP contribution in [-0.2, 0) is 19.1 Å². The van der Waals surface area contributed by atoms with E-state index in [-0.39, 0.29) is 11.3 Å². The highest BCUT2D eigenvalue weighted by Gasteiger charge is 2.32. The minimum absolute atomic E-state index is 0.190. The Morgan fingerprint density at radius 2 is 1.94 bits per heavy atom. The number of benzene rings is 1. The second-order valence-electron chi connectivity index (χ2n) is 7.39. The second-order valence-corrected chi connectivity index (χ2v) is 7.39. The molecule has 4 aromatic rings. The van der Waals surface area contributed by atoms with Gasteiger partial charge in [-0.1, -0.05) is 0 Å². The van der Waals surface area contributed by atoms with E-state index >= 15 is 0 Å². The molecule has 0 amide bonds. The molecule has 1 aliphatic rings. The molecule has 0 saturated heterocycles. The first-order chi connectivity index (χ1) is 14.9. The lowest BCUT2D eigenvalue weighted by Gasteiger charge is -2.08. The Morgan fingerprint density at radius 3 is 2.68 bits per heavy atom. The summed E-state index contributed by atoms with van der Waals surface area (Å²) in [4.78, 5) is 12.7. The van der Waals surface area contributed by atoms with Crippen molar-refractivity contribution >= 4 is 11.0 Å². The van der Waals surface area contributed by atoms with Gasteiger partial charge in [0.2, 0.25) is 0 Å². The van der Waals surface area contributed by atoms with Crippen molar-refractivity contribution in [3.8, 4) is 16.9 Å². The third kappa shape index (κ3) is 3.61. The van der Waals surface area contributed by atoms with E-state index in [0.717, 1.165) is 54.3 Å². The minimum Gasteiger partial charge on any atom is -0.461 e. The standard InChI is InChI=1S/C22H17F3N4O2/c23-22(24,25)20-6-5-17(27-28-20)13-7-9-29(21(30)10-13)14-3-4-15-16-12-26-8-1-2-18(16)31-19(15)11-14/h3-7,9-11,26H,1-2,8,12H2. The van der Waals surface area contributed by atoms with Crippen LogP contribution in [0.3, 0.4) is 0 Å². The van der Waals surface area contributed by atoms with Crippen LogP contribution in [0.2, 0.25) is 0 Å².